The second-order valence-electron chi connectivity index (χ2n) is 11.6. The first kappa shape index (κ1) is 27.1. The number of fused-ring (bicyclic) bond motifs is 1. The van der Waals surface area contributed by atoms with Gasteiger partial charge in [-0.25, -0.2) is 4.39 Å². The zero-order chi connectivity index (χ0) is 28.2. The number of carboxylic acids is 1. The SMILES string of the molecule is COC1CN(C(=O)[C@H]2CCc3c(C4=CCC(C(=O)O)CC4)nn(C(=O)c4c(Cl)cccc4C4(F)CCC4)c3C2)C1. The van der Waals surface area contributed by atoms with Crippen LogP contribution in [0.5, 0.6) is 0 Å². The van der Waals surface area contributed by atoms with Gasteiger partial charge in [-0.2, -0.15) is 9.78 Å². The van der Waals surface area contributed by atoms with Crippen molar-refractivity contribution in [1.29, 1.82) is 0 Å². The molecule has 1 saturated heterocycles. The molecule has 6 rings (SSSR count). The Balaban J connectivity index is 1.39. The summed E-state index contributed by atoms with van der Waals surface area (Å²) in [6.45, 7) is 1.11. The fourth-order valence-corrected chi connectivity index (χ4v) is 6.78. The van der Waals surface area contributed by atoms with E-state index in [0.29, 0.717) is 75.8 Å². The average Bonchev–Trinajstić information content (AvgIpc) is 3.29. The Bertz CT molecular complexity index is 1410. The fourth-order valence-electron chi connectivity index (χ4n) is 6.52. The van der Waals surface area contributed by atoms with Gasteiger partial charge in [-0.05, 0) is 63.0 Å². The van der Waals surface area contributed by atoms with E-state index in [1.807, 2.05) is 6.08 Å². The van der Waals surface area contributed by atoms with E-state index in [0.717, 1.165) is 17.6 Å². The Morgan fingerprint density at radius 2 is 1.90 bits per heavy atom. The highest BCUT2D eigenvalue weighted by Crippen LogP contribution is 2.47. The highest BCUT2D eigenvalue weighted by Gasteiger charge is 2.43. The lowest BCUT2D eigenvalue weighted by atomic mass is 9.75. The highest BCUT2D eigenvalue weighted by molar-refractivity contribution is 6.34. The van der Waals surface area contributed by atoms with E-state index in [1.165, 1.54) is 4.68 Å². The molecule has 212 valence electrons. The Hall–Kier alpha value is -3.04. The number of likely N-dealkylation sites (tertiary alicyclic amines) is 1. The Morgan fingerprint density at radius 3 is 2.52 bits per heavy atom. The number of aromatic nitrogens is 2. The number of methoxy groups -OCH3 is 1. The van der Waals surface area contributed by atoms with Crippen molar-refractivity contribution in [2.24, 2.45) is 11.8 Å². The third-order valence-electron chi connectivity index (χ3n) is 9.23. The lowest BCUT2D eigenvalue weighted by molar-refractivity contribution is -0.147. The number of hydrogen-bond donors (Lipinski definition) is 1. The van der Waals surface area contributed by atoms with E-state index >= 15 is 4.39 Å². The van der Waals surface area contributed by atoms with Gasteiger partial charge in [0.1, 0.15) is 5.67 Å². The van der Waals surface area contributed by atoms with Crippen molar-refractivity contribution in [3.8, 4) is 0 Å². The first-order valence-corrected chi connectivity index (χ1v) is 14.4. The Morgan fingerprint density at radius 1 is 1.15 bits per heavy atom. The molecule has 2 aromatic rings. The number of alkyl halides is 1. The molecule has 1 unspecified atom stereocenters. The molecule has 40 heavy (non-hydrogen) atoms. The summed E-state index contributed by atoms with van der Waals surface area (Å²) in [6, 6.07) is 4.89. The Labute approximate surface area is 237 Å². The molecule has 1 amide bonds. The molecule has 1 N–H and O–H groups in total. The van der Waals surface area contributed by atoms with Crippen LogP contribution in [0.15, 0.2) is 24.3 Å². The van der Waals surface area contributed by atoms with Gasteiger partial charge in [0, 0.05) is 43.7 Å². The molecule has 1 aromatic carbocycles. The largest absolute Gasteiger partial charge is 0.481 e. The second-order valence-corrected chi connectivity index (χ2v) is 12.0. The Kier molecular flexibility index (Phi) is 7.07. The number of benzene rings is 1. The van der Waals surface area contributed by atoms with Gasteiger partial charge in [0.05, 0.1) is 34.0 Å². The normalized spacial score (nSPS) is 24.0. The van der Waals surface area contributed by atoms with E-state index < -0.39 is 23.5 Å². The zero-order valence-electron chi connectivity index (χ0n) is 22.5. The summed E-state index contributed by atoms with van der Waals surface area (Å²) in [7, 11) is 1.64. The molecule has 1 saturated carbocycles. The number of amides is 1. The standard InChI is InChI=1S/C30H33ClFN3O5/c1-40-20-15-34(16-20)27(36)19-10-11-21-24(14-19)35(33-26(21)17-6-8-18(9-7-17)29(38)39)28(37)25-22(4-2-5-23(25)31)30(32)12-3-13-30/h2,4-6,18-20H,3,7-16H2,1H3,(H,38,39)/t18?,19-/m0/s1. The number of carbonyl (C=O) groups excluding carboxylic acids is 2. The van der Waals surface area contributed by atoms with Gasteiger partial charge in [-0.1, -0.05) is 29.8 Å². The molecule has 1 aliphatic heterocycles. The first-order valence-electron chi connectivity index (χ1n) is 14.1. The van der Waals surface area contributed by atoms with Crippen LogP contribution < -0.4 is 0 Å². The maximum atomic E-state index is 15.7. The maximum Gasteiger partial charge on any atom is 0.306 e. The smallest absolute Gasteiger partial charge is 0.306 e. The van der Waals surface area contributed by atoms with Crippen LogP contribution in [-0.4, -0.2) is 63.9 Å². The van der Waals surface area contributed by atoms with Crippen molar-refractivity contribution < 1.29 is 28.6 Å². The number of aliphatic carboxylic acids is 1. The van der Waals surface area contributed by atoms with Gasteiger partial charge in [0.2, 0.25) is 5.91 Å². The summed E-state index contributed by atoms with van der Waals surface area (Å²) in [4.78, 5) is 40.8. The third kappa shape index (κ3) is 4.57. The molecule has 0 spiro atoms. The molecule has 10 heteroatoms. The minimum atomic E-state index is -1.60. The average molecular weight is 570 g/mol. The summed E-state index contributed by atoms with van der Waals surface area (Å²) in [5.41, 5.74) is 1.95. The number of nitrogens with zero attached hydrogens (tertiary/aromatic N) is 3. The molecule has 3 aliphatic carbocycles. The third-order valence-corrected chi connectivity index (χ3v) is 9.54. The number of rotatable bonds is 6. The number of carbonyl (C=O) groups is 3. The summed E-state index contributed by atoms with van der Waals surface area (Å²) < 4.78 is 22.4. The van der Waals surface area contributed by atoms with Crippen LogP contribution >= 0.6 is 11.6 Å². The number of hydrogen-bond acceptors (Lipinski definition) is 5. The van der Waals surface area contributed by atoms with E-state index in [9.17, 15) is 19.5 Å². The van der Waals surface area contributed by atoms with E-state index in [4.69, 9.17) is 21.4 Å². The van der Waals surface area contributed by atoms with Crippen LogP contribution in [0.1, 0.15) is 77.8 Å². The van der Waals surface area contributed by atoms with Gasteiger partial charge >= 0.3 is 5.97 Å². The molecule has 4 aliphatic rings. The van der Waals surface area contributed by atoms with Crippen molar-refractivity contribution in [1.82, 2.24) is 14.7 Å². The van der Waals surface area contributed by atoms with Crippen molar-refractivity contribution in [2.75, 3.05) is 20.2 Å². The second kappa shape index (κ2) is 10.4. The predicted molar refractivity (Wildman–Crippen MR) is 146 cm³/mol. The van der Waals surface area contributed by atoms with Crippen LogP contribution in [0.4, 0.5) is 4.39 Å². The van der Waals surface area contributed by atoms with Gasteiger partial charge in [0.15, 0.2) is 0 Å². The van der Waals surface area contributed by atoms with Crippen LogP contribution in [0.3, 0.4) is 0 Å². The number of ether oxygens (including phenoxy) is 1. The van der Waals surface area contributed by atoms with Crippen molar-refractivity contribution in [3.63, 3.8) is 0 Å². The van der Waals surface area contributed by atoms with Gasteiger partial charge in [-0.15, -0.1) is 0 Å². The predicted octanol–water partition coefficient (Wildman–Crippen LogP) is 4.80. The van der Waals surface area contributed by atoms with Crippen molar-refractivity contribution in [3.05, 3.63) is 57.4 Å². The maximum absolute atomic E-state index is 15.7. The van der Waals surface area contributed by atoms with E-state index in [-0.39, 0.29) is 34.1 Å². The van der Waals surface area contributed by atoms with E-state index in [1.54, 1.807) is 30.2 Å². The molecule has 1 aromatic heterocycles. The monoisotopic (exact) mass is 569 g/mol. The van der Waals surface area contributed by atoms with Gasteiger partial charge < -0.3 is 14.7 Å². The molecular weight excluding hydrogens is 537 g/mol. The summed E-state index contributed by atoms with van der Waals surface area (Å²) >= 11 is 6.55. The van der Waals surface area contributed by atoms with Gasteiger partial charge in [-0.3, -0.25) is 14.4 Å². The van der Waals surface area contributed by atoms with Crippen molar-refractivity contribution in [2.45, 2.75) is 69.6 Å². The summed E-state index contributed by atoms with van der Waals surface area (Å²) in [5, 5.41) is 14.4. The van der Waals surface area contributed by atoms with Crippen molar-refractivity contribution >= 4 is 35.0 Å². The molecule has 2 atom stereocenters. The molecule has 2 heterocycles. The van der Waals surface area contributed by atoms with Crippen LogP contribution in [0.25, 0.3) is 5.57 Å². The zero-order valence-corrected chi connectivity index (χ0v) is 23.3. The molecule has 0 bridgehead atoms. The topological polar surface area (TPSA) is 102 Å². The molecule has 8 nitrogen and oxygen atoms in total. The lowest BCUT2D eigenvalue weighted by Crippen LogP contribution is -2.56. The molecular formula is C30H33ClFN3O5. The van der Waals surface area contributed by atoms with Crippen LogP contribution in [-0.2, 0) is 32.8 Å². The van der Waals surface area contributed by atoms with Crippen LogP contribution in [0, 0.1) is 11.8 Å². The van der Waals surface area contributed by atoms with Crippen LogP contribution in [0.2, 0.25) is 5.02 Å². The number of halogens is 2. The number of carboxylic acid groups (broad SMARTS) is 1. The number of allylic oxidation sites excluding steroid dienone is 2. The summed E-state index contributed by atoms with van der Waals surface area (Å²) in [6.07, 6.45) is 6.34. The van der Waals surface area contributed by atoms with E-state index in [2.05, 4.69) is 0 Å². The lowest BCUT2D eigenvalue weighted by Gasteiger charge is -2.40. The first-order chi connectivity index (χ1) is 19.2. The minimum Gasteiger partial charge on any atom is -0.481 e. The fraction of sp³-hybridized carbons (Fsp3) is 0.533. The molecule has 0 radical (unpaired) electrons. The minimum absolute atomic E-state index is 0.0393. The molecule has 2 fully saturated rings. The highest BCUT2D eigenvalue weighted by atomic mass is 35.5. The quantitative estimate of drug-likeness (QED) is 0.536. The van der Waals surface area contributed by atoms with Gasteiger partial charge in [0.25, 0.3) is 5.91 Å². The summed E-state index contributed by atoms with van der Waals surface area (Å²) in [5.74, 6) is -2.01.